The van der Waals surface area contributed by atoms with Gasteiger partial charge in [0.1, 0.15) is 40.3 Å². The zero-order chi connectivity index (χ0) is 22.7. The lowest BCUT2D eigenvalue weighted by molar-refractivity contribution is 0.0606. The number of fused-ring (bicyclic) bond motifs is 2. The van der Waals surface area contributed by atoms with Crippen LogP contribution in [0.3, 0.4) is 0 Å². The Hall–Kier alpha value is -2.62. The highest BCUT2D eigenvalue weighted by Crippen LogP contribution is 2.48. The number of benzene rings is 1. The lowest BCUT2D eigenvalue weighted by Gasteiger charge is -2.49. The fraction of sp³-hybridized carbons (Fsp3) is 0.478. The molecule has 3 saturated heterocycles. The Kier molecular flexibility index (Phi) is 4.90. The molecule has 33 heavy (non-hydrogen) atoms. The third-order valence-corrected chi connectivity index (χ3v) is 7.58. The number of piperazine rings is 1. The van der Waals surface area contributed by atoms with Gasteiger partial charge in [-0.15, -0.1) is 0 Å². The zero-order valence-corrected chi connectivity index (χ0v) is 18.8. The highest BCUT2D eigenvalue weighted by atomic mass is 35.5. The van der Waals surface area contributed by atoms with Crippen LogP contribution in [-0.4, -0.2) is 79.4 Å². The molecule has 3 N–H and O–H groups in total. The molecule has 0 bridgehead atoms. The first kappa shape index (κ1) is 20.9. The maximum absolute atomic E-state index is 14.8. The number of anilines is 1. The summed E-state index contributed by atoms with van der Waals surface area (Å²) in [6.45, 7) is 5.53. The molecule has 2 aromatic rings. The average Bonchev–Trinajstić information content (AvgIpc) is 3.23. The second-order valence-electron chi connectivity index (χ2n) is 9.39. The summed E-state index contributed by atoms with van der Waals surface area (Å²) in [7, 11) is 0. The average molecular weight is 474 g/mol. The molecule has 8 nitrogen and oxygen atoms in total. The topological polar surface area (TPSA) is 90.0 Å². The minimum atomic E-state index is -0.642. The standard InChI is InChI=1S/C23H25ClFN5O3/c24-18-19(16-14(25)2-1-3-15(16)31)28-21(29-11-23(12-29)4-5-27-10-23)17-20(18)33-9-13-8-26-6-7-30(13)22(17)32/h1-3,13,26-27,31H,4-12H2/t13-/m1/s1. The van der Waals surface area contributed by atoms with Gasteiger partial charge < -0.3 is 30.3 Å². The normalized spacial score (nSPS) is 23.6. The van der Waals surface area contributed by atoms with Crippen LogP contribution < -0.4 is 20.3 Å². The minimum Gasteiger partial charge on any atom is -0.507 e. The summed E-state index contributed by atoms with van der Waals surface area (Å²) in [6.07, 6.45) is 1.06. The van der Waals surface area contributed by atoms with Gasteiger partial charge in [-0.1, -0.05) is 17.7 Å². The first-order valence-corrected chi connectivity index (χ1v) is 11.7. The first-order valence-electron chi connectivity index (χ1n) is 11.3. The van der Waals surface area contributed by atoms with E-state index in [0.29, 0.717) is 31.0 Å². The van der Waals surface area contributed by atoms with E-state index in [1.54, 1.807) is 0 Å². The number of phenolic OH excluding ortho intramolecular Hbond substituents is 1. The van der Waals surface area contributed by atoms with Crippen LogP contribution in [0.5, 0.6) is 11.5 Å². The number of amides is 1. The number of phenols is 1. The number of aromatic hydroxyl groups is 1. The van der Waals surface area contributed by atoms with Crippen LogP contribution in [0.2, 0.25) is 5.02 Å². The number of pyridine rings is 1. The van der Waals surface area contributed by atoms with Crippen LogP contribution in [0, 0.1) is 11.2 Å². The highest BCUT2D eigenvalue weighted by molar-refractivity contribution is 6.35. The molecule has 4 aliphatic rings. The smallest absolute Gasteiger partial charge is 0.261 e. The van der Waals surface area contributed by atoms with E-state index in [9.17, 15) is 14.3 Å². The van der Waals surface area contributed by atoms with Crippen LogP contribution in [-0.2, 0) is 0 Å². The molecule has 1 aromatic carbocycles. The summed E-state index contributed by atoms with van der Waals surface area (Å²) in [5.41, 5.74) is 0.465. The second-order valence-corrected chi connectivity index (χ2v) is 9.76. The van der Waals surface area contributed by atoms with Gasteiger partial charge in [0.05, 0.1) is 11.6 Å². The molecule has 174 valence electrons. The van der Waals surface area contributed by atoms with E-state index >= 15 is 0 Å². The van der Waals surface area contributed by atoms with Crippen LogP contribution in [0.15, 0.2) is 18.2 Å². The van der Waals surface area contributed by atoms with E-state index in [4.69, 9.17) is 21.3 Å². The van der Waals surface area contributed by atoms with Gasteiger partial charge in [0.15, 0.2) is 5.75 Å². The third-order valence-electron chi connectivity index (χ3n) is 7.23. The number of carbonyl (C=O) groups excluding carboxylic acids is 1. The van der Waals surface area contributed by atoms with Gasteiger partial charge in [-0.3, -0.25) is 4.79 Å². The van der Waals surface area contributed by atoms with Crippen molar-refractivity contribution in [1.82, 2.24) is 20.5 Å². The molecule has 10 heteroatoms. The molecule has 1 amide bonds. The molecule has 0 aliphatic carbocycles. The monoisotopic (exact) mass is 473 g/mol. The molecular formula is C23H25ClFN5O3. The molecule has 0 radical (unpaired) electrons. The molecule has 1 atom stereocenters. The number of aromatic nitrogens is 1. The molecule has 1 aromatic heterocycles. The van der Waals surface area contributed by atoms with Crippen molar-refractivity contribution in [3.05, 3.63) is 34.6 Å². The van der Waals surface area contributed by atoms with Gasteiger partial charge >= 0.3 is 0 Å². The van der Waals surface area contributed by atoms with E-state index < -0.39 is 5.82 Å². The molecule has 6 rings (SSSR count). The van der Waals surface area contributed by atoms with Crippen LogP contribution >= 0.6 is 11.6 Å². The number of hydrogen-bond acceptors (Lipinski definition) is 7. The lowest BCUT2D eigenvalue weighted by Crippen LogP contribution is -2.58. The Bertz CT molecular complexity index is 1110. The van der Waals surface area contributed by atoms with Crippen molar-refractivity contribution in [3.63, 3.8) is 0 Å². The van der Waals surface area contributed by atoms with E-state index in [-0.39, 0.29) is 51.7 Å². The van der Waals surface area contributed by atoms with Gasteiger partial charge in [-0.2, -0.15) is 0 Å². The number of rotatable bonds is 2. The molecule has 3 fully saturated rings. The van der Waals surface area contributed by atoms with Crippen LogP contribution in [0.25, 0.3) is 11.3 Å². The molecular weight excluding hydrogens is 449 g/mol. The Morgan fingerprint density at radius 2 is 2.09 bits per heavy atom. The minimum absolute atomic E-state index is 0.0353. The lowest BCUT2D eigenvalue weighted by atomic mass is 9.79. The van der Waals surface area contributed by atoms with Crippen molar-refractivity contribution in [1.29, 1.82) is 0 Å². The summed E-state index contributed by atoms with van der Waals surface area (Å²) in [5.74, 6) is -0.430. The number of ether oxygens (including phenoxy) is 1. The number of nitrogens with one attached hydrogen (secondary N) is 2. The van der Waals surface area contributed by atoms with E-state index in [1.165, 1.54) is 18.2 Å². The van der Waals surface area contributed by atoms with Crippen molar-refractivity contribution in [2.75, 3.05) is 57.3 Å². The number of carbonyl (C=O) groups is 1. The zero-order valence-electron chi connectivity index (χ0n) is 18.0. The quantitative estimate of drug-likeness (QED) is 0.613. The second kappa shape index (κ2) is 7.72. The predicted octanol–water partition coefficient (Wildman–Crippen LogP) is 1.85. The fourth-order valence-electron chi connectivity index (χ4n) is 5.48. The maximum atomic E-state index is 14.8. The van der Waals surface area contributed by atoms with Gasteiger partial charge in [0.25, 0.3) is 5.91 Å². The number of halogens is 2. The number of nitrogens with zero attached hydrogens (tertiary/aromatic N) is 3. The van der Waals surface area contributed by atoms with Gasteiger partial charge in [0, 0.05) is 44.7 Å². The Morgan fingerprint density at radius 1 is 1.24 bits per heavy atom. The van der Waals surface area contributed by atoms with Crippen LogP contribution in [0.1, 0.15) is 16.8 Å². The summed E-state index contributed by atoms with van der Waals surface area (Å²) < 4.78 is 20.9. The van der Waals surface area contributed by atoms with Crippen molar-refractivity contribution in [2.45, 2.75) is 12.5 Å². The predicted molar refractivity (Wildman–Crippen MR) is 122 cm³/mol. The Morgan fingerprint density at radius 3 is 2.85 bits per heavy atom. The van der Waals surface area contributed by atoms with Gasteiger partial charge in [-0.25, -0.2) is 9.37 Å². The fourth-order valence-corrected chi connectivity index (χ4v) is 5.76. The van der Waals surface area contributed by atoms with Crippen molar-refractivity contribution in [3.8, 4) is 22.8 Å². The van der Waals surface area contributed by atoms with E-state index in [1.807, 2.05) is 9.80 Å². The van der Waals surface area contributed by atoms with Crippen molar-refractivity contribution in [2.24, 2.45) is 5.41 Å². The van der Waals surface area contributed by atoms with Crippen molar-refractivity contribution < 1.29 is 19.0 Å². The molecule has 0 saturated carbocycles. The van der Waals surface area contributed by atoms with E-state index in [0.717, 1.165) is 32.6 Å². The number of hydrogen-bond donors (Lipinski definition) is 3. The molecule has 1 spiro atoms. The summed E-state index contributed by atoms with van der Waals surface area (Å²) in [6, 6.07) is 3.93. The SMILES string of the molecule is O=C1c2c(N3CC4(CCNC4)C3)nc(-c3c(O)cccc3F)c(Cl)c2OC[C@H]2CNCCN12. The maximum Gasteiger partial charge on any atom is 0.261 e. The van der Waals surface area contributed by atoms with Gasteiger partial charge in [0.2, 0.25) is 0 Å². The Labute approximate surface area is 195 Å². The van der Waals surface area contributed by atoms with Crippen LogP contribution in [0.4, 0.5) is 10.2 Å². The van der Waals surface area contributed by atoms with Crippen molar-refractivity contribution >= 4 is 23.3 Å². The summed E-state index contributed by atoms with van der Waals surface area (Å²) in [4.78, 5) is 22.3. The van der Waals surface area contributed by atoms with Gasteiger partial charge in [-0.05, 0) is 25.1 Å². The molecule has 4 aliphatic heterocycles. The van der Waals surface area contributed by atoms with E-state index in [2.05, 4.69) is 10.6 Å². The largest absolute Gasteiger partial charge is 0.507 e. The highest BCUT2D eigenvalue weighted by Gasteiger charge is 2.48. The first-order chi connectivity index (χ1) is 16.0. The summed E-state index contributed by atoms with van der Waals surface area (Å²) in [5, 5.41) is 17.2. The summed E-state index contributed by atoms with van der Waals surface area (Å²) >= 11 is 6.72. The molecule has 0 unspecified atom stereocenters. The Balaban J connectivity index is 1.52. The third kappa shape index (κ3) is 3.25. The molecule has 5 heterocycles.